The number of morpholine rings is 1. The highest BCUT2D eigenvalue weighted by atomic mass is 79.9. The maximum atomic E-state index is 12.6. The average Bonchev–Trinajstić information content (AvgIpc) is 2.56. The lowest BCUT2D eigenvalue weighted by molar-refractivity contribution is 0.0342. The van der Waals surface area contributed by atoms with Crippen LogP contribution in [0, 0.1) is 0 Å². The van der Waals surface area contributed by atoms with Crippen molar-refractivity contribution in [2.75, 3.05) is 26.3 Å². The smallest absolute Gasteiger partial charge is 0.193 e. The normalized spacial score (nSPS) is 15.7. The standard InChI is InChI=1S/C18H18BrNO2/c19-17-6-4-15(5-7-17)18(21)16-3-1-2-14(12-16)13-20-8-10-22-11-9-20/h1-7,12H,8-11,13H2. The van der Waals surface area contributed by atoms with Gasteiger partial charge in [-0.25, -0.2) is 0 Å². The van der Waals surface area contributed by atoms with E-state index in [1.165, 1.54) is 5.56 Å². The number of carbonyl (C=O) groups is 1. The van der Waals surface area contributed by atoms with Gasteiger partial charge in [-0.15, -0.1) is 0 Å². The van der Waals surface area contributed by atoms with E-state index in [0.29, 0.717) is 5.56 Å². The number of hydrogen-bond donors (Lipinski definition) is 0. The minimum absolute atomic E-state index is 0.0660. The molecular weight excluding hydrogens is 342 g/mol. The Morgan fingerprint density at radius 1 is 1.05 bits per heavy atom. The number of hydrogen-bond acceptors (Lipinski definition) is 3. The molecule has 1 fully saturated rings. The van der Waals surface area contributed by atoms with E-state index in [1.54, 1.807) is 0 Å². The molecule has 0 radical (unpaired) electrons. The molecule has 0 unspecified atom stereocenters. The Balaban J connectivity index is 1.75. The lowest BCUT2D eigenvalue weighted by Gasteiger charge is -2.26. The third-order valence-electron chi connectivity index (χ3n) is 3.81. The van der Waals surface area contributed by atoms with Gasteiger partial charge < -0.3 is 4.74 Å². The number of benzene rings is 2. The number of ether oxygens (including phenoxy) is 1. The maximum absolute atomic E-state index is 12.6. The number of nitrogens with zero attached hydrogens (tertiary/aromatic N) is 1. The Morgan fingerprint density at radius 2 is 1.77 bits per heavy atom. The molecule has 3 rings (SSSR count). The van der Waals surface area contributed by atoms with Crippen LogP contribution in [0.3, 0.4) is 0 Å². The van der Waals surface area contributed by atoms with Gasteiger partial charge in [-0.3, -0.25) is 9.69 Å². The fourth-order valence-corrected chi connectivity index (χ4v) is 2.86. The molecule has 2 aromatic rings. The van der Waals surface area contributed by atoms with Crippen molar-refractivity contribution < 1.29 is 9.53 Å². The van der Waals surface area contributed by atoms with Crippen LogP contribution < -0.4 is 0 Å². The van der Waals surface area contributed by atoms with E-state index in [2.05, 4.69) is 26.9 Å². The first-order chi connectivity index (χ1) is 10.7. The SMILES string of the molecule is O=C(c1ccc(Br)cc1)c1cccc(CN2CCOCC2)c1. The van der Waals surface area contributed by atoms with Crippen molar-refractivity contribution in [3.8, 4) is 0 Å². The van der Waals surface area contributed by atoms with Crippen molar-refractivity contribution >= 4 is 21.7 Å². The first-order valence-corrected chi connectivity index (χ1v) is 8.21. The maximum Gasteiger partial charge on any atom is 0.193 e. The van der Waals surface area contributed by atoms with Crippen LogP contribution in [0.2, 0.25) is 0 Å². The Morgan fingerprint density at radius 3 is 2.50 bits per heavy atom. The summed E-state index contributed by atoms with van der Waals surface area (Å²) in [6, 6.07) is 15.4. The summed E-state index contributed by atoms with van der Waals surface area (Å²) in [5.74, 6) is 0.0660. The van der Waals surface area contributed by atoms with E-state index in [9.17, 15) is 4.79 Å². The number of rotatable bonds is 4. The monoisotopic (exact) mass is 359 g/mol. The molecule has 2 aromatic carbocycles. The molecule has 0 N–H and O–H groups in total. The first kappa shape index (κ1) is 15.4. The van der Waals surface area contributed by atoms with Crippen molar-refractivity contribution in [3.05, 3.63) is 69.7 Å². The number of ketones is 1. The molecule has 0 atom stereocenters. The third-order valence-corrected chi connectivity index (χ3v) is 4.33. The van der Waals surface area contributed by atoms with Gasteiger partial charge in [0.25, 0.3) is 0 Å². The van der Waals surface area contributed by atoms with Gasteiger partial charge in [-0.05, 0) is 35.9 Å². The highest BCUT2D eigenvalue weighted by Gasteiger charge is 2.13. The Kier molecular flexibility index (Phi) is 5.03. The highest BCUT2D eigenvalue weighted by molar-refractivity contribution is 9.10. The molecule has 0 aromatic heterocycles. The second-order valence-electron chi connectivity index (χ2n) is 5.42. The lowest BCUT2D eigenvalue weighted by Crippen LogP contribution is -2.35. The van der Waals surface area contributed by atoms with Crippen LogP contribution in [0.15, 0.2) is 53.0 Å². The number of carbonyl (C=O) groups excluding carboxylic acids is 1. The summed E-state index contributed by atoms with van der Waals surface area (Å²) in [4.78, 5) is 14.9. The fraction of sp³-hybridized carbons (Fsp3) is 0.278. The van der Waals surface area contributed by atoms with Gasteiger partial charge in [0.15, 0.2) is 5.78 Å². The van der Waals surface area contributed by atoms with E-state index in [4.69, 9.17) is 4.74 Å². The summed E-state index contributed by atoms with van der Waals surface area (Å²) in [6.07, 6.45) is 0. The molecule has 0 spiro atoms. The molecule has 4 heteroatoms. The molecule has 0 amide bonds. The van der Waals surface area contributed by atoms with Crippen LogP contribution in [0.1, 0.15) is 21.5 Å². The van der Waals surface area contributed by atoms with Crippen molar-refractivity contribution in [1.82, 2.24) is 4.90 Å². The Bertz CT molecular complexity index is 648. The molecule has 1 heterocycles. The van der Waals surface area contributed by atoms with Gasteiger partial charge in [0, 0.05) is 35.2 Å². The molecule has 22 heavy (non-hydrogen) atoms. The molecule has 3 nitrogen and oxygen atoms in total. The summed E-state index contributed by atoms with van der Waals surface area (Å²) in [7, 11) is 0. The van der Waals surface area contributed by atoms with Crippen molar-refractivity contribution in [2.24, 2.45) is 0 Å². The molecule has 0 bridgehead atoms. The second-order valence-corrected chi connectivity index (χ2v) is 6.34. The topological polar surface area (TPSA) is 29.5 Å². The third kappa shape index (κ3) is 3.83. The Labute approximate surface area is 139 Å². The summed E-state index contributed by atoms with van der Waals surface area (Å²) < 4.78 is 6.34. The average molecular weight is 360 g/mol. The van der Waals surface area contributed by atoms with E-state index >= 15 is 0 Å². The van der Waals surface area contributed by atoms with Crippen LogP contribution in [0.4, 0.5) is 0 Å². The van der Waals surface area contributed by atoms with Crippen molar-refractivity contribution in [2.45, 2.75) is 6.54 Å². The summed E-state index contributed by atoms with van der Waals surface area (Å²) in [5, 5.41) is 0. The van der Waals surface area contributed by atoms with Crippen LogP contribution in [0.5, 0.6) is 0 Å². The van der Waals surface area contributed by atoms with Crippen LogP contribution >= 0.6 is 15.9 Å². The van der Waals surface area contributed by atoms with Crippen molar-refractivity contribution in [3.63, 3.8) is 0 Å². The van der Waals surface area contributed by atoms with Gasteiger partial charge in [-0.2, -0.15) is 0 Å². The van der Waals surface area contributed by atoms with E-state index < -0.39 is 0 Å². The van der Waals surface area contributed by atoms with Gasteiger partial charge in [-0.1, -0.05) is 34.1 Å². The summed E-state index contributed by atoms with van der Waals surface area (Å²) in [6.45, 7) is 4.34. The molecule has 1 saturated heterocycles. The minimum Gasteiger partial charge on any atom is -0.379 e. The molecular formula is C18H18BrNO2. The fourth-order valence-electron chi connectivity index (χ4n) is 2.60. The van der Waals surface area contributed by atoms with E-state index in [0.717, 1.165) is 42.9 Å². The van der Waals surface area contributed by atoms with Crippen molar-refractivity contribution in [1.29, 1.82) is 0 Å². The predicted molar refractivity (Wildman–Crippen MR) is 90.1 cm³/mol. The highest BCUT2D eigenvalue weighted by Crippen LogP contribution is 2.16. The van der Waals surface area contributed by atoms with Gasteiger partial charge in [0.1, 0.15) is 0 Å². The first-order valence-electron chi connectivity index (χ1n) is 7.42. The predicted octanol–water partition coefficient (Wildman–Crippen LogP) is 3.51. The van der Waals surface area contributed by atoms with Crippen LogP contribution in [0.25, 0.3) is 0 Å². The largest absolute Gasteiger partial charge is 0.379 e. The minimum atomic E-state index is 0.0660. The van der Waals surface area contributed by atoms with Crippen LogP contribution in [-0.4, -0.2) is 37.0 Å². The quantitative estimate of drug-likeness (QED) is 0.782. The second kappa shape index (κ2) is 7.18. The van der Waals surface area contributed by atoms with Crippen LogP contribution in [-0.2, 0) is 11.3 Å². The zero-order valence-electron chi connectivity index (χ0n) is 12.3. The molecule has 1 aliphatic heterocycles. The summed E-state index contributed by atoms with van der Waals surface area (Å²) >= 11 is 3.39. The van der Waals surface area contributed by atoms with E-state index in [1.807, 2.05) is 42.5 Å². The van der Waals surface area contributed by atoms with Gasteiger partial charge in [0.05, 0.1) is 13.2 Å². The lowest BCUT2D eigenvalue weighted by atomic mass is 10.0. The summed E-state index contributed by atoms with van der Waals surface area (Å²) in [5.41, 5.74) is 2.63. The molecule has 114 valence electrons. The zero-order chi connectivity index (χ0) is 15.4. The zero-order valence-corrected chi connectivity index (χ0v) is 13.9. The molecule has 1 aliphatic rings. The van der Waals surface area contributed by atoms with Gasteiger partial charge >= 0.3 is 0 Å². The Hall–Kier alpha value is -1.49. The van der Waals surface area contributed by atoms with E-state index in [-0.39, 0.29) is 5.78 Å². The van der Waals surface area contributed by atoms with Gasteiger partial charge in [0.2, 0.25) is 0 Å². The molecule has 0 saturated carbocycles. The number of halogens is 1. The molecule has 0 aliphatic carbocycles.